The minimum Gasteiger partial charge on any atom is -0.491 e. The molecule has 2 rings (SSSR count). The number of pyridine rings is 1. The summed E-state index contributed by atoms with van der Waals surface area (Å²) >= 11 is 0. The maximum absolute atomic E-state index is 13.4. The fraction of sp³-hybridized carbons (Fsp3) is 0.154. The SMILES string of the molecule is COc1c(-c2ccc(OC(F)(F)F)cc2)ccnc1F. The number of methoxy groups -OCH3 is 1. The van der Waals surface area contributed by atoms with Gasteiger partial charge in [0, 0.05) is 11.8 Å². The molecule has 0 amide bonds. The number of benzene rings is 1. The molecule has 0 fully saturated rings. The molecule has 2 aromatic rings. The molecule has 0 unspecified atom stereocenters. The Hall–Kier alpha value is -2.31. The van der Waals surface area contributed by atoms with Crippen molar-refractivity contribution in [2.45, 2.75) is 6.36 Å². The van der Waals surface area contributed by atoms with Gasteiger partial charge in [0.15, 0.2) is 5.75 Å². The second kappa shape index (κ2) is 5.36. The fourth-order valence-electron chi connectivity index (χ4n) is 1.68. The first kappa shape index (κ1) is 14.1. The van der Waals surface area contributed by atoms with Gasteiger partial charge in [0.25, 0.3) is 5.95 Å². The molecule has 3 nitrogen and oxygen atoms in total. The predicted molar refractivity (Wildman–Crippen MR) is 62.9 cm³/mol. The van der Waals surface area contributed by atoms with Crippen LogP contribution in [0, 0.1) is 5.95 Å². The van der Waals surface area contributed by atoms with Gasteiger partial charge < -0.3 is 9.47 Å². The lowest BCUT2D eigenvalue weighted by atomic mass is 10.1. The number of rotatable bonds is 3. The largest absolute Gasteiger partial charge is 0.573 e. The van der Waals surface area contributed by atoms with Gasteiger partial charge in [-0.2, -0.15) is 4.39 Å². The van der Waals surface area contributed by atoms with Gasteiger partial charge in [-0.25, -0.2) is 4.98 Å². The maximum atomic E-state index is 13.4. The molecule has 0 bridgehead atoms. The lowest BCUT2D eigenvalue weighted by Crippen LogP contribution is -2.16. The Bertz CT molecular complexity index is 596. The highest BCUT2D eigenvalue weighted by atomic mass is 19.4. The van der Waals surface area contributed by atoms with E-state index in [1.54, 1.807) is 0 Å². The molecule has 0 aliphatic carbocycles. The molecule has 0 saturated heterocycles. The van der Waals surface area contributed by atoms with E-state index in [1.165, 1.54) is 31.5 Å². The second-order valence-electron chi connectivity index (χ2n) is 3.75. The van der Waals surface area contributed by atoms with Crippen LogP contribution in [0.3, 0.4) is 0 Å². The van der Waals surface area contributed by atoms with Gasteiger partial charge >= 0.3 is 6.36 Å². The van der Waals surface area contributed by atoms with Crippen molar-refractivity contribution in [2.24, 2.45) is 0 Å². The van der Waals surface area contributed by atoms with Crippen LogP contribution in [-0.2, 0) is 0 Å². The van der Waals surface area contributed by atoms with E-state index in [1.807, 2.05) is 0 Å². The van der Waals surface area contributed by atoms with E-state index < -0.39 is 12.3 Å². The summed E-state index contributed by atoms with van der Waals surface area (Å²) in [7, 11) is 1.28. The van der Waals surface area contributed by atoms with Crippen molar-refractivity contribution < 1.29 is 27.0 Å². The highest BCUT2D eigenvalue weighted by Gasteiger charge is 2.31. The lowest BCUT2D eigenvalue weighted by molar-refractivity contribution is -0.274. The summed E-state index contributed by atoms with van der Waals surface area (Å²) in [6, 6.07) is 6.53. The van der Waals surface area contributed by atoms with Crippen LogP contribution < -0.4 is 9.47 Å². The molecule has 20 heavy (non-hydrogen) atoms. The Kier molecular flexibility index (Phi) is 3.78. The molecule has 106 valence electrons. The van der Waals surface area contributed by atoms with Crippen LogP contribution >= 0.6 is 0 Å². The van der Waals surface area contributed by atoms with E-state index in [4.69, 9.17) is 4.74 Å². The Morgan fingerprint density at radius 1 is 1.05 bits per heavy atom. The van der Waals surface area contributed by atoms with Crippen molar-refractivity contribution in [3.63, 3.8) is 0 Å². The fourth-order valence-corrected chi connectivity index (χ4v) is 1.68. The van der Waals surface area contributed by atoms with E-state index in [-0.39, 0.29) is 11.5 Å². The third kappa shape index (κ3) is 3.17. The molecule has 0 aliphatic heterocycles. The van der Waals surface area contributed by atoms with E-state index >= 15 is 0 Å². The number of alkyl halides is 3. The molecule has 0 atom stereocenters. The summed E-state index contributed by atoms with van der Waals surface area (Å²) in [6.07, 6.45) is -3.50. The van der Waals surface area contributed by atoms with Crippen LogP contribution in [0.25, 0.3) is 11.1 Å². The molecular formula is C13H9F4NO2. The number of ether oxygens (including phenoxy) is 2. The summed E-state index contributed by atoms with van der Waals surface area (Å²) in [5.74, 6) is -1.22. The Morgan fingerprint density at radius 2 is 1.70 bits per heavy atom. The van der Waals surface area contributed by atoms with E-state index in [9.17, 15) is 17.6 Å². The quantitative estimate of drug-likeness (QED) is 0.635. The second-order valence-corrected chi connectivity index (χ2v) is 3.75. The zero-order valence-corrected chi connectivity index (χ0v) is 10.2. The van der Waals surface area contributed by atoms with Crippen LogP contribution in [-0.4, -0.2) is 18.5 Å². The van der Waals surface area contributed by atoms with Crippen LogP contribution in [0.5, 0.6) is 11.5 Å². The first-order valence-electron chi connectivity index (χ1n) is 5.45. The maximum Gasteiger partial charge on any atom is 0.573 e. The highest BCUT2D eigenvalue weighted by molar-refractivity contribution is 5.70. The third-order valence-electron chi connectivity index (χ3n) is 2.46. The number of aromatic nitrogens is 1. The molecule has 0 aliphatic rings. The van der Waals surface area contributed by atoms with Gasteiger partial charge in [-0.15, -0.1) is 13.2 Å². The van der Waals surface area contributed by atoms with Crippen LogP contribution in [0.2, 0.25) is 0 Å². The van der Waals surface area contributed by atoms with Crippen molar-refractivity contribution in [3.8, 4) is 22.6 Å². The van der Waals surface area contributed by atoms with Crippen molar-refractivity contribution in [1.82, 2.24) is 4.98 Å². The molecule has 1 aromatic heterocycles. The monoisotopic (exact) mass is 287 g/mol. The predicted octanol–water partition coefficient (Wildman–Crippen LogP) is 3.79. The lowest BCUT2D eigenvalue weighted by Gasteiger charge is -2.11. The van der Waals surface area contributed by atoms with Gasteiger partial charge in [0.05, 0.1) is 7.11 Å². The molecule has 0 spiro atoms. The van der Waals surface area contributed by atoms with Crippen LogP contribution in [0.4, 0.5) is 17.6 Å². The van der Waals surface area contributed by atoms with E-state index in [2.05, 4.69) is 9.72 Å². The van der Waals surface area contributed by atoms with Crippen LogP contribution in [0.15, 0.2) is 36.5 Å². The van der Waals surface area contributed by atoms with Crippen LogP contribution in [0.1, 0.15) is 0 Å². The van der Waals surface area contributed by atoms with Crippen molar-refractivity contribution in [1.29, 1.82) is 0 Å². The number of nitrogens with zero attached hydrogens (tertiary/aromatic N) is 1. The van der Waals surface area contributed by atoms with Gasteiger partial charge in [0.2, 0.25) is 0 Å². The highest BCUT2D eigenvalue weighted by Crippen LogP contribution is 2.32. The molecule has 1 heterocycles. The number of halogens is 4. The van der Waals surface area contributed by atoms with Gasteiger partial charge in [-0.1, -0.05) is 12.1 Å². The molecule has 0 saturated carbocycles. The van der Waals surface area contributed by atoms with E-state index in [0.29, 0.717) is 11.1 Å². The molecule has 1 aromatic carbocycles. The molecule has 0 N–H and O–H groups in total. The average molecular weight is 287 g/mol. The minimum absolute atomic E-state index is 0.0722. The summed E-state index contributed by atoms with van der Waals surface area (Å²) in [6.45, 7) is 0. The zero-order chi connectivity index (χ0) is 14.8. The first-order chi connectivity index (χ1) is 9.40. The Labute approximate surface area is 111 Å². The summed E-state index contributed by atoms with van der Waals surface area (Å²) in [4.78, 5) is 3.44. The molecule has 7 heteroatoms. The molecule has 0 radical (unpaired) electrons. The van der Waals surface area contributed by atoms with Crippen molar-refractivity contribution in [2.75, 3.05) is 7.11 Å². The topological polar surface area (TPSA) is 31.4 Å². The van der Waals surface area contributed by atoms with Crippen molar-refractivity contribution >= 4 is 0 Å². The normalized spacial score (nSPS) is 11.2. The van der Waals surface area contributed by atoms with Gasteiger partial charge in [-0.3, -0.25) is 0 Å². The van der Waals surface area contributed by atoms with Gasteiger partial charge in [-0.05, 0) is 23.8 Å². The van der Waals surface area contributed by atoms with Crippen molar-refractivity contribution in [3.05, 3.63) is 42.5 Å². The summed E-state index contributed by atoms with van der Waals surface area (Å²) in [5, 5.41) is 0. The first-order valence-corrected chi connectivity index (χ1v) is 5.45. The van der Waals surface area contributed by atoms with E-state index in [0.717, 1.165) is 12.1 Å². The Morgan fingerprint density at radius 3 is 2.25 bits per heavy atom. The Balaban J connectivity index is 2.33. The van der Waals surface area contributed by atoms with Gasteiger partial charge in [0.1, 0.15) is 5.75 Å². The minimum atomic E-state index is -4.75. The smallest absolute Gasteiger partial charge is 0.491 e. The zero-order valence-electron chi connectivity index (χ0n) is 10.2. The summed E-state index contributed by atoms with van der Waals surface area (Å²) < 4.78 is 58.2. The summed E-state index contributed by atoms with van der Waals surface area (Å²) in [5.41, 5.74) is 0.872. The number of hydrogen-bond donors (Lipinski definition) is 0. The standard InChI is InChI=1S/C13H9F4NO2/c1-19-11-10(6-7-18-12(11)14)8-2-4-9(5-3-8)20-13(15,16)17/h2-7H,1H3. The molecular weight excluding hydrogens is 278 g/mol. The average Bonchev–Trinajstić information content (AvgIpc) is 2.37. The third-order valence-corrected chi connectivity index (χ3v) is 2.46. The number of hydrogen-bond acceptors (Lipinski definition) is 3.